The lowest BCUT2D eigenvalue weighted by molar-refractivity contribution is 1.13. The largest absolute Gasteiger partial charge is 0.309 e. The number of hydrogen-bond donors (Lipinski definition) is 0. The first-order chi connectivity index (χ1) is 43.1. The molecule has 356 valence electrons. The first-order valence-electron chi connectivity index (χ1n) is 31.7. The Morgan fingerprint density at radius 1 is 0.250 bits per heavy atom. The average molecular weight is 997 g/mol. The van der Waals surface area contributed by atoms with Crippen molar-refractivity contribution in [1.82, 2.24) is 13.7 Å². The lowest BCUT2D eigenvalue weighted by Gasteiger charge is -2.35. The zero-order chi connectivity index (χ0) is 61.5. The quantitative estimate of drug-likeness (QED) is 0.101. The predicted molar refractivity (Wildman–Crippen MR) is 324 cm³/mol. The third kappa shape index (κ3) is 6.81. The molecule has 4 heteroatoms. The Balaban J connectivity index is 1.09. The van der Waals surface area contributed by atoms with E-state index in [2.05, 4.69) is 111 Å². The minimum atomic E-state index is -4.76. The number of hydrogen-bond acceptors (Lipinski definition) is 0. The summed E-state index contributed by atoms with van der Waals surface area (Å²) in [6.45, 7) is 0. The van der Waals surface area contributed by atoms with Gasteiger partial charge >= 0.3 is 0 Å². The van der Waals surface area contributed by atoms with E-state index in [9.17, 15) is 11.0 Å². The molecule has 3 heterocycles. The Morgan fingerprint density at radius 3 is 1.08 bits per heavy atom. The molecule has 3 nitrogen and oxygen atoms in total. The molecule has 0 fully saturated rings. The van der Waals surface area contributed by atoms with Gasteiger partial charge in [0.05, 0.1) is 50.9 Å². The molecule has 15 aromatic rings. The molecule has 0 amide bonds. The van der Waals surface area contributed by atoms with Gasteiger partial charge in [-0.1, -0.05) is 236 Å². The lowest BCUT2D eigenvalue weighted by Crippen LogP contribution is -2.74. The minimum Gasteiger partial charge on any atom is -0.309 e. The summed E-state index contributed by atoms with van der Waals surface area (Å²) in [5, 5.41) is 6.72. The molecule has 15 rings (SSSR count). The van der Waals surface area contributed by atoms with Crippen molar-refractivity contribution in [2.75, 3.05) is 0 Å². The third-order valence-corrected chi connectivity index (χ3v) is 19.3. The van der Waals surface area contributed by atoms with E-state index in [1.165, 1.54) is 0 Å². The van der Waals surface area contributed by atoms with Crippen LogP contribution in [0.15, 0.2) is 297 Å². The Kier molecular flexibility index (Phi) is 7.57. The molecule has 0 atom stereocenters. The molecule has 0 bridgehead atoms. The number of nitrogens with zero attached hydrogens (tertiary/aromatic N) is 3. The highest BCUT2D eigenvalue weighted by atomic mass is 28.3. The molecule has 0 saturated carbocycles. The van der Waals surface area contributed by atoms with Crippen LogP contribution in [-0.4, -0.2) is 21.8 Å². The maximum Gasteiger partial charge on any atom is 0.179 e. The van der Waals surface area contributed by atoms with Crippen LogP contribution < -0.4 is 20.7 Å². The van der Waals surface area contributed by atoms with E-state index in [4.69, 9.17) is 6.85 Å². The second kappa shape index (κ2) is 17.7. The van der Waals surface area contributed by atoms with Gasteiger partial charge in [0.25, 0.3) is 0 Å². The summed E-state index contributed by atoms with van der Waals surface area (Å²) in [5.74, 6) is 0. The second-order valence-electron chi connectivity index (χ2n) is 19.0. The maximum absolute atomic E-state index is 11.0. The summed E-state index contributed by atoms with van der Waals surface area (Å²) in [6.07, 6.45) is 0. The molecular formula is C72H49N3Si. The van der Waals surface area contributed by atoms with Crippen LogP contribution in [0.1, 0.15) is 17.8 Å². The van der Waals surface area contributed by atoms with Crippen LogP contribution in [0, 0.1) is 0 Å². The zero-order valence-electron chi connectivity index (χ0n) is 53.6. The van der Waals surface area contributed by atoms with E-state index in [1.54, 1.807) is 60.7 Å². The van der Waals surface area contributed by atoms with E-state index in [0.29, 0.717) is 27.3 Å². The van der Waals surface area contributed by atoms with E-state index in [-0.39, 0.29) is 22.0 Å². The average Bonchev–Trinajstić information content (AvgIpc) is 1.54. The summed E-state index contributed by atoms with van der Waals surface area (Å²) < 4.78 is 131. The number of benzene rings is 12. The monoisotopic (exact) mass is 996 g/mol. The van der Waals surface area contributed by atoms with E-state index < -0.39 is 91.7 Å². The molecule has 0 aliphatic rings. The topological polar surface area (TPSA) is 14.8 Å². The summed E-state index contributed by atoms with van der Waals surface area (Å²) in [6, 6.07) is 63.1. The number of para-hydroxylation sites is 5. The van der Waals surface area contributed by atoms with Gasteiger partial charge in [0.2, 0.25) is 0 Å². The van der Waals surface area contributed by atoms with E-state index >= 15 is 0 Å². The van der Waals surface area contributed by atoms with Gasteiger partial charge in [-0.05, 0) is 104 Å². The van der Waals surface area contributed by atoms with Crippen molar-refractivity contribution in [3.8, 4) is 39.3 Å². The summed E-state index contributed by atoms with van der Waals surface area (Å²) in [5.41, 5.74) is 7.14. The Hall–Kier alpha value is -9.74. The Labute approximate surface area is 460 Å². The number of fused-ring (bicyclic) bond motifs is 9. The smallest absolute Gasteiger partial charge is 0.179 e. The number of rotatable bonds is 9. The van der Waals surface area contributed by atoms with Crippen LogP contribution in [0.3, 0.4) is 0 Å². The summed E-state index contributed by atoms with van der Waals surface area (Å²) in [7, 11) is -4.76. The zero-order valence-corrected chi connectivity index (χ0v) is 41.6. The highest BCUT2D eigenvalue weighted by Crippen LogP contribution is 2.40. The van der Waals surface area contributed by atoms with Gasteiger partial charge in [-0.3, -0.25) is 0 Å². The Morgan fingerprint density at radius 2 is 0.618 bits per heavy atom. The molecule has 0 unspecified atom stereocenters. The minimum absolute atomic E-state index is 0.0209. The fourth-order valence-electron chi connectivity index (χ4n) is 11.7. The van der Waals surface area contributed by atoms with Crippen LogP contribution >= 0.6 is 0 Å². The first kappa shape index (κ1) is 32.4. The molecule has 0 saturated heterocycles. The van der Waals surface area contributed by atoms with Gasteiger partial charge in [-0.25, -0.2) is 0 Å². The molecular weight excluding hydrogens is 935 g/mol. The highest BCUT2D eigenvalue weighted by molar-refractivity contribution is 7.20. The van der Waals surface area contributed by atoms with Crippen molar-refractivity contribution in [1.29, 1.82) is 0 Å². The first-order valence-corrected chi connectivity index (χ1v) is 27.2. The van der Waals surface area contributed by atoms with Gasteiger partial charge in [0, 0.05) is 49.4 Å². The summed E-state index contributed by atoms with van der Waals surface area (Å²) in [4.78, 5) is 0. The van der Waals surface area contributed by atoms with Crippen molar-refractivity contribution in [2.24, 2.45) is 0 Å². The Bertz CT molecular complexity index is 5330. The maximum atomic E-state index is 11.0. The summed E-state index contributed by atoms with van der Waals surface area (Å²) >= 11 is 0. The van der Waals surface area contributed by atoms with Gasteiger partial charge < -0.3 is 13.7 Å². The molecule has 0 aliphatic carbocycles. The fraction of sp³-hybridized carbons (Fsp3) is 0. The molecule has 0 N–H and O–H groups in total. The van der Waals surface area contributed by atoms with Crippen molar-refractivity contribution in [3.63, 3.8) is 0 Å². The number of aromatic nitrogens is 3. The molecule has 0 spiro atoms. The molecule has 0 radical (unpaired) electrons. The van der Waals surface area contributed by atoms with Gasteiger partial charge in [-0.15, -0.1) is 0 Å². The SMILES string of the molecule is [2H]c1c([2H])c([2H])c(-c2c([2H])c([2H])c([2H])c([Si](c3ccccc3)(c3ccccc3)c3c([2H])c([2H])c([2H])c(-c4cc(-n5c6ccccc6c6ccccc65)cc(-n5c6ccccc6c6ccc(-n7c8ccccc8c8ccccc87)cc65)c4)c3[2H])c2[2H])c([2H])c1[2H]. The van der Waals surface area contributed by atoms with Crippen molar-refractivity contribution in [2.45, 2.75) is 0 Å². The van der Waals surface area contributed by atoms with Gasteiger partial charge in [0.15, 0.2) is 8.07 Å². The van der Waals surface area contributed by atoms with E-state index in [1.807, 2.05) is 60.7 Å². The van der Waals surface area contributed by atoms with Crippen molar-refractivity contribution >= 4 is 94.2 Å². The van der Waals surface area contributed by atoms with E-state index in [0.717, 1.165) is 71.1 Å². The standard InChI is InChI=1S/C72H49N3Si/c1-4-22-50(23-5-1)51-24-20-30-59(46-51)76(57-26-6-2-7-27-57,58-28-8-3-9-29-58)60-31-21-25-52(47-60)53-44-55(74-69-39-17-12-34-63(69)64-35-13-18-40-70(64)74)48-56(45-53)75-71-41-19-14-36-65(71)66-43-42-54(49-72(66)75)73-67-37-15-10-32-61(67)62-33-11-16-38-68(62)73/h1-49H/i1D,4D,5D,20D,21D,22D,23D,24D,25D,30D,31D,46D,47D. The van der Waals surface area contributed by atoms with Gasteiger partial charge in [-0.2, -0.15) is 0 Å². The molecule has 3 aromatic heterocycles. The predicted octanol–water partition coefficient (Wildman–Crippen LogP) is 15.7. The van der Waals surface area contributed by atoms with Crippen molar-refractivity contribution in [3.05, 3.63) is 297 Å². The molecule has 76 heavy (non-hydrogen) atoms. The molecule has 12 aromatic carbocycles. The lowest BCUT2D eigenvalue weighted by atomic mass is 10.0. The van der Waals surface area contributed by atoms with Crippen LogP contribution in [-0.2, 0) is 0 Å². The second-order valence-corrected chi connectivity index (χ2v) is 22.7. The van der Waals surface area contributed by atoms with Crippen molar-refractivity contribution < 1.29 is 17.8 Å². The highest BCUT2D eigenvalue weighted by Gasteiger charge is 2.42. The van der Waals surface area contributed by atoms with Crippen LogP contribution in [0.4, 0.5) is 0 Å². The van der Waals surface area contributed by atoms with Crippen LogP contribution in [0.2, 0.25) is 0 Å². The molecule has 0 aliphatic heterocycles. The fourth-order valence-corrected chi connectivity index (χ4v) is 16.0. The van der Waals surface area contributed by atoms with Crippen LogP contribution in [0.5, 0.6) is 0 Å². The normalized spacial score (nSPS) is 14.3. The van der Waals surface area contributed by atoms with Crippen LogP contribution in [0.25, 0.3) is 105 Å². The third-order valence-electron chi connectivity index (χ3n) is 14.9. The van der Waals surface area contributed by atoms with Gasteiger partial charge in [0.1, 0.15) is 0 Å².